The summed E-state index contributed by atoms with van der Waals surface area (Å²) in [7, 11) is 0. The maximum atomic E-state index is 13.5. The molecule has 0 spiro atoms. The third-order valence-corrected chi connectivity index (χ3v) is 5.80. The number of amides is 2. The van der Waals surface area contributed by atoms with E-state index in [4.69, 9.17) is 4.74 Å². The molecule has 178 valence electrons. The Hall–Kier alpha value is -3.45. The highest BCUT2D eigenvalue weighted by molar-refractivity contribution is 6.05. The third-order valence-electron chi connectivity index (χ3n) is 5.80. The smallest absolute Gasteiger partial charge is 0.417 e. The third kappa shape index (κ3) is 5.72. The van der Waals surface area contributed by atoms with Crippen LogP contribution < -0.4 is 5.32 Å². The van der Waals surface area contributed by atoms with Crippen LogP contribution in [0, 0.1) is 0 Å². The normalized spacial score (nSPS) is 15.8. The number of carbonyl (C=O) groups excluding carboxylic acids is 2. The van der Waals surface area contributed by atoms with Gasteiger partial charge in [-0.15, -0.1) is 0 Å². The zero-order chi connectivity index (χ0) is 24.1. The molecular weight excluding hydrogens is 428 g/mol. The fourth-order valence-corrected chi connectivity index (χ4v) is 4.22. The number of hydrogen-bond donors (Lipinski definition) is 2. The lowest BCUT2D eigenvalue weighted by atomic mass is 9.96. The summed E-state index contributed by atoms with van der Waals surface area (Å²) in [5.41, 5.74) is 3.72. The van der Waals surface area contributed by atoms with Gasteiger partial charge in [-0.1, -0.05) is 30.3 Å². The van der Waals surface area contributed by atoms with Gasteiger partial charge in [0.1, 0.15) is 5.60 Å². The van der Waals surface area contributed by atoms with Gasteiger partial charge in [-0.25, -0.2) is 9.69 Å². The van der Waals surface area contributed by atoms with E-state index in [9.17, 15) is 9.59 Å². The highest BCUT2D eigenvalue weighted by Gasteiger charge is 2.39. The van der Waals surface area contributed by atoms with E-state index in [1.165, 1.54) is 10.5 Å². The molecule has 3 heterocycles. The number of fused-ring (bicyclic) bond motifs is 1. The number of pyridine rings is 1. The summed E-state index contributed by atoms with van der Waals surface area (Å²) in [5.74, 6) is -0.311. The summed E-state index contributed by atoms with van der Waals surface area (Å²) >= 11 is 0. The molecule has 0 radical (unpaired) electrons. The average Bonchev–Trinajstić information content (AvgIpc) is 3.24. The van der Waals surface area contributed by atoms with E-state index in [1.54, 1.807) is 12.4 Å². The molecule has 0 bridgehead atoms. The summed E-state index contributed by atoms with van der Waals surface area (Å²) in [6.45, 7) is 7.01. The molecule has 34 heavy (non-hydrogen) atoms. The Morgan fingerprint density at radius 3 is 2.62 bits per heavy atom. The average molecular weight is 461 g/mol. The standard InChI is InChI=1S/C27H32N4O3/c1-27(2,3)34-26(33)31-21(10-7-13-29-18-19-8-5-4-6-9-19)16-24-22(25(31)32)17-23(30-24)20-11-14-28-15-12-20/h4-6,8-9,11-12,14-15,17,21,29-30H,7,10,13,16,18H2,1-3H3. The molecule has 1 aliphatic rings. The first-order valence-electron chi connectivity index (χ1n) is 11.8. The van der Waals surface area contributed by atoms with E-state index < -0.39 is 11.7 Å². The maximum Gasteiger partial charge on any atom is 0.417 e. The molecule has 0 fully saturated rings. The number of benzene rings is 1. The molecule has 0 aliphatic carbocycles. The van der Waals surface area contributed by atoms with Gasteiger partial charge < -0.3 is 15.0 Å². The van der Waals surface area contributed by atoms with Gasteiger partial charge in [-0.3, -0.25) is 9.78 Å². The predicted molar refractivity (Wildman–Crippen MR) is 131 cm³/mol. The van der Waals surface area contributed by atoms with Gasteiger partial charge in [0.25, 0.3) is 5.91 Å². The van der Waals surface area contributed by atoms with Crippen LogP contribution in [0.25, 0.3) is 11.3 Å². The molecule has 1 atom stereocenters. The number of hydrogen-bond acceptors (Lipinski definition) is 5. The number of carbonyl (C=O) groups is 2. The Bertz CT molecular complexity index is 1120. The Labute approximate surface area is 200 Å². The van der Waals surface area contributed by atoms with Gasteiger partial charge in [-0.05, 0) is 63.9 Å². The topological polar surface area (TPSA) is 87.3 Å². The lowest BCUT2D eigenvalue weighted by Crippen LogP contribution is -2.50. The second-order valence-corrected chi connectivity index (χ2v) is 9.63. The van der Waals surface area contributed by atoms with E-state index >= 15 is 0 Å². The molecule has 2 aromatic heterocycles. The fourth-order valence-electron chi connectivity index (χ4n) is 4.22. The van der Waals surface area contributed by atoms with Gasteiger partial charge in [0.15, 0.2) is 0 Å². The van der Waals surface area contributed by atoms with Gasteiger partial charge in [-0.2, -0.15) is 0 Å². The van der Waals surface area contributed by atoms with Crippen molar-refractivity contribution in [2.45, 2.75) is 58.2 Å². The number of rotatable bonds is 7. The zero-order valence-corrected chi connectivity index (χ0v) is 20.0. The van der Waals surface area contributed by atoms with Crippen LogP contribution in [0.1, 0.15) is 55.2 Å². The van der Waals surface area contributed by atoms with Crippen LogP contribution in [0.2, 0.25) is 0 Å². The molecule has 7 heteroatoms. The summed E-state index contributed by atoms with van der Waals surface area (Å²) in [6, 6.07) is 15.6. The van der Waals surface area contributed by atoms with Crippen molar-refractivity contribution in [1.29, 1.82) is 0 Å². The van der Waals surface area contributed by atoms with E-state index in [0.717, 1.165) is 36.5 Å². The molecule has 7 nitrogen and oxygen atoms in total. The molecule has 4 rings (SSSR count). The van der Waals surface area contributed by atoms with Crippen molar-refractivity contribution in [3.63, 3.8) is 0 Å². The summed E-state index contributed by atoms with van der Waals surface area (Å²) in [4.78, 5) is 35.3. The van der Waals surface area contributed by atoms with Crippen molar-refractivity contribution >= 4 is 12.0 Å². The monoisotopic (exact) mass is 460 g/mol. The quantitative estimate of drug-likeness (QED) is 0.487. The first kappa shape index (κ1) is 23.7. The van der Waals surface area contributed by atoms with Crippen molar-refractivity contribution in [2.75, 3.05) is 6.54 Å². The number of H-pyrrole nitrogens is 1. The van der Waals surface area contributed by atoms with Gasteiger partial charge in [0, 0.05) is 48.4 Å². The maximum absolute atomic E-state index is 13.5. The Morgan fingerprint density at radius 2 is 1.91 bits per heavy atom. The van der Waals surface area contributed by atoms with Crippen LogP contribution >= 0.6 is 0 Å². The van der Waals surface area contributed by atoms with Gasteiger partial charge >= 0.3 is 6.09 Å². The lowest BCUT2D eigenvalue weighted by Gasteiger charge is -2.35. The first-order chi connectivity index (χ1) is 16.3. The lowest BCUT2D eigenvalue weighted by molar-refractivity contribution is 0.0140. The Balaban J connectivity index is 1.48. The number of aromatic amines is 1. The summed E-state index contributed by atoms with van der Waals surface area (Å²) in [5, 5.41) is 3.45. The summed E-state index contributed by atoms with van der Waals surface area (Å²) in [6.07, 6.45) is 4.94. The number of aromatic nitrogens is 2. The van der Waals surface area contributed by atoms with Crippen molar-refractivity contribution in [3.8, 4) is 11.3 Å². The van der Waals surface area contributed by atoms with Crippen LogP contribution in [0.4, 0.5) is 4.79 Å². The largest absolute Gasteiger partial charge is 0.443 e. The van der Waals surface area contributed by atoms with Crippen LogP contribution in [0.5, 0.6) is 0 Å². The minimum Gasteiger partial charge on any atom is -0.443 e. The van der Waals surface area contributed by atoms with E-state index in [2.05, 4.69) is 27.4 Å². The number of ether oxygens (including phenoxy) is 1. The van der Waals surface area contributed by atoms with Crippen molar-refractivity contribution in [1.82, 2.24) is 20.2 Å². The molecule has 1 unspecified atom stereocenters. The second-order valence-electron chi connectivity index (χ2n) is 9.63. The van der Waals surface area contributed by atoms with E-state index in [0.29, 0.717) is 18.4 Å². The molecular formula is C27H32N4O3. The van der Waals surface area contributed by atoms with Gasteiger partial charge in [0.05, 0.1) is 5.56 Å². The highest BCUT2D eigenvalue weighted by Crippen LogP contribution is 2.31. The SMILES string of the molecule is CC(C)(C)OC(=O)N1C(=O)c2cc(-c3ccncc3)[nH]c2CC1CCCNCc1ccccc1. The highest BCUT2D eigenvalue weighted by atomic mass is 16.6. The minimum atomic E-state index is -0.681. The second kappa shape index (κ2) is 10.2. The zero-order valence-electron chi connectivity index (χ0n) is 20.0. The Morgan fingerprint density at radius 1 is 1.18 bits per heavy atom. The van der Waals surface area contributed by atoms with E-state index in [1.807, 2.05) is 57.2 Å². The molecule has 2 N–H and O–H groups in total. The molecule has 1 aromatic carbocycles. The van der Waals surface area contributed by atoms with Crippen LogP contribution in [-0.4, -0.2) is 45.1 Å². The molecule has 2 amide bonds. The molecule has 1 aliphatic heterocycles. The van der Waals surface area contributed by atoms with Crippen LogP contribution in [-0.2, 0) is 17.7 Å². The molecule has 0 saturated carbocycles. The van der Waals surface area contributed by atoms with Crippen LogP contribution in [0.3, 0.4) is 0 Å². The summed E-state index contributed by atoms with van der Waals surface area (Å²) < 4.78 is 5.60. The first-order valence-corrected chi connectivity index (χ1v) is 11.8. The van der Waals surface area contributed by atoms with E-state index in [-0.39, 0.29) is 11.9 Å². The molecule has 3 aromatic rings. The number of nitrogens with zero attached hydrogens (tertiary/aromatic N) is 2. The fraction of sp³-hybridized carbons (Fsp3) is 0.370. The van der Waals surface area contributed by atoms with Crippen molar-refractivity contribution < 1.29 is 14.3 Å². The minimum absolute atomic E-state index is 0.266. The Kier molecular flexibility index (Phi) is 7.12. The number of imide groups is 1. The van der Waals surface area contributed by atoms with Crippen molar-refractivity contribution in [2.24, 2.45) is 0 Å². The number of nitrogens with one attached hydrogen (secondary N) is 2. The molecule has 0 saturated heterocycles. The van der Waals surface area contributed by atoms with Crippen LogP contribution in [0.15, 0.2) is 60.9 Å². The van der Waals surface area contributed by atoms with Gasteiger partial charge in [0.2, 0.25) is 0 Å². The van der Waals surface area contributed by atoms with Crippen molar-refractivity contribution in [3.05, 3.63) is 77.7 Å². The predicted octanol–water partition coefficient (Wildman–Crippen LogP) is 4.95.